The van der Waals surface area contributed by atoms with Gasteiger partial charge in [0.25, 0.3) is 0 Å². The van der Waals surface area contributed by atoms with E-state index in [1.54, 1.807) is 18.2 Å². The van der Waals surface area contributed by atoms with Crippen molar-refractivity contribution in [3.8, 4) is 17.6 Å². The average Bonchev–Trinajstić information content (AvgIpc) is 2.40. The van der Waals surface area contributed by atoms with Crippen LogP contribution in [0.3, 0.4) is 0 Å². The maximum absolute atomic E-state index is 12.4. The summed E-state index contributed by atoms with van der Waals surface area (Å²) in [6.07, 6.45) is -4.37. The van der Waals surface area contributed by atoms with Crippen molar-refractivity contribution in [1.82, 2.24) is 0 Å². The van der Waals surface area contributed by atoms with Crippen molar-refractivity contribution in [1.29, 1.82) is 5.26 Å². The van der Waals surface area contributed by atoms with Gasteiger partial charge in [-0.2, -0.15) is 18.4 Å². The van der Waals surface area contributed by atoms with E-state index in [1.165, 1.54) is 12.1 Å². The molecule has 2 rings (SSSR count). The molecular formula is C14H7BrF3NO. The highest BCUT2D eigenvalue weighted by molar-refractivity contribution is 9.10. The maximum atomic E-state index is 12.4. The van der Waals surface area contributed by atoms with Crippen LogP contribution in [0.15, 0.2) is 46.9 Å². The van der Waals surface area contributed by atoms with Crippen LogP contribution in [0.2, 0.25) is 0 Å². The van der Waals surface area contributed by atoms with Gasteiger partial charge >= 0.3 is 6.18 Å². The lowest BCUT2D eigenvalue weighted by molar-refractivity contribution is -0.137. The summed E-state index contributed by atoms with van der Waals surface area (Å²) in [6, 6.07) is 11.1. The summed E-state index contributed by atoms with van der Waals surface area (Å²) in [5, 5.41) is 8.73. The van der Waals surface area contributed by atoms with Crippen LogP contribution in [-0.2, 0) is 6.18 Å². The SMILES string of the molecule is N#Cc1ccc(Oc2ccc(C(F)(F)F)cc2)c(Br)c1. The molecule has 0 saturated heterocycles. The van der Waals surface area contributed by atoms with Gasteiger partial charge < -0.3 is 4.74 Å². The molecule has 0 saturated carbocycles. The normalized spacial score (nSPS) is 10.9. The molecule has 0 aliphatic rings. The van der Waals surface area contributed by atoms with Crippen LogP contribution in [0.1, 0.15) is 11.1 Å². The van der Waals surface area contributed by atoms with Gasteiger partial charge in [0.05, 0.1) is 21.7 Å². The van der Waals surface area contributed by atoms with E-state index in [0.29, 0.717) is 15.8 Å². The Bertz CT molecular complexity index is 660. The first-order valence-corrected chi connectivity index (χ1v) is 6.24. The van der Waals surface area contributed by atoms with Crippen LogP contribution in [0.4, 0.5) is 13.2 Å². The van der Waals surface area contributed by atoms with Crippen molar-refractivity contribution in [3.05, 3.63) is 58.1 Å². The predicted octanol–water partition coefficient (Wildman–Crippen LogP) is 5.13. The summed E-state index contributed by atoms with van der Waals surface area (Å²) in [5.41, 5.74) is -0.277. The highest BCUT2D eigenvalue weighted by atomic mass is 79.9. The Morgan fingerprint density at radius 2 is 1.70 bits per heavy atom. The second kappa shape index (κ2) is 5.55. The third kappa shape index (κ3) is 3.31. The zero-order chi connectivity index (χ0) is 14.8. The molecule has 0 aliphatic carbocycles. The van der Waals surface area contributed by atoms with Crippen LogP contribution < -0.4 is 4.74 Å². The molecule has 0 amide bonds. The van der Waals surface area contributed by atoms with E-state index in [4.69, 9.17) is 10.00 Å². The Morgan fingerprint density at radius 1 is 1.05 bits per heavy atom. The zero-order valence-corrected chi connectivity index (χ0v) is 11.5. The number of ether oxygens (including phenoxy) is 1. The van der Waals surface area contributed by atoms with Gasteiger partial charge in [0, 0.05) is 0 Å². The first kappa shape index (κ1) is 14.4. The highest BCUT2D eigenvalue weighted by Crippen LogP contribution is 2.33. The van der Waals surface area contributed by atoms with Crippen molar-refractivity contribution in [2.75, 3.05) is 0 Å². The highest BCUT2D eigenvalue weighted by Gasteiger charge is 2.30. The number of rotatable bonds is 2. The van der Waals surface area contributed by atoms with Gasteiger partial charge in [-0.05, 0) is 58.4 Å². The van der Waals surface area contributed by atoms with Crippen LogP contribution >= 0.6 is 15.9 Å². The molecule has 102 valence electrons. The number of benzene rings is 2. The number of hydrogen-bond acceptors (Lipinski definition) is 2. The fraction of sp³-hybridized carbons (Fsp3) is 0.0714. The van der Waals surface area contributed by atoms with E-state index < -0.39 is 11.7 Å². The summed E-state index contributed by atoms with van der Waals surface area (Å²) in [4.78, 5) is 0. The van der Waals surface area contributed by atoms with Crippen LogP contribution in [-0.4, -0.2) is 0 Å². The van der Waals surface area contributed by atoms with Gasteiger partial charge in [-0.15, -0.1) is 0 Å². The quantitative estimate of drug-likeness (QED) is 0.758. The molecule has 0 fully saturated rings. The molecule has 2 aromatic rings. The Labute approximate surface area is 121 Å². The molecule has 2 aromatic carbocycles. The summed E-state index contributed by atoms with van der Waals surface area (Å²) >= 11 is 3.24. The van der Waals surface area contributed by atoms with E-state index in [-0.39, 0.29) is 5.75 Å². The Morgan fingerprint density at radius 3 is 2.20 bits per heavy atom. The molecule has 0 spiro atoms. The van der Waals surface area contributed by atoms with Gasteiger partial charge in [-0.3, -0.25) is 0 Å². The number of hydrogen-bond donors (Lipinski definition) is 0. The molecule has 6 heteroatoms. The third-order valence-corrected chi connectivity index (χ3v) is 3.09. The molecule has 0 aromatic heterocycles. The van der Waals surface area contributed by atoms with Crippen molar-refractivity contribution in [3.63, 3.8) is 0 Å². The van der Waals surface area contributed by atoms with Gasteiger partial charge in [-0.25, -0.2) is 0 Å². The summed E-state index contributed by atoms with van der Waals surface area (Å²) in [6.45, 7) is 0. The number of alkyl halides is 3. The molecule has 0 aliphatic heterocycles. The number of nitrogens with zero attached hydrogens (tertiary/aromatic N) is 1. The van der Waals surface area contributed by atoms with Crippen LogP contribution in [0.25, 0.3) is 0 Å². The Hall–Kier alpha value is -2.00. The van der Waals surface area contributed by atoms with Crippen molar-refractivity contribution in [2.45, 2.75) is 6.18 Å². The molecule has 0 bridgehead atoms. The van der Waals surface area contributed by atoms with E-state index in [9.17, 15) is 13.2 Å². The van der Waals surface area contributed by atoms with Crippen molar-refractivity contribution in [2.24, 2.45) is 0 Å². The second-order valence-corrected chi connectivity index (χ2v) is 4.74. The maximum Gasteiger partial charge on any atom is 0.416 e. The second-order valence-electron chi connectivity index (χ2n) is 3.88. The molecule has 2 nitrogen and oxygen atoms in total. The lowest BCUT2D eigenvalue weighted by Gasteiger charge is -2.10. The lowest BCUT2D eigenvalue weighted by atomic mass is 10.2. The topological polar surface area (TPSA) is 33.0 Å². The Balaban J connectivity index is 2.21. The van der Waals surface area contributed by atoms with E-state index in [2.05, 4.69) is 15.9 Å². The van der Waals surface area contributed by atoms with Crippen molar-refractivity contribution < 1.29 is 17.9 Å². The first-order chi connectivity index (χ1) is 9.40. The lowest BCUT2D eigenvalue weighted by Crippen LogP contribution is -2.04. The molecule has 20 heavy (non-hydrogen) atoms. The van der Waals surface area contributed by atoms with E-state index >= 15 is 0 Å². The van der Waals surface area contributed by atoms with E-state index in [0.717, 1.165) is 12.1 Å². The largest absolute Gasteiger partial charge is 0.456 e. The molecular weight excluding hydrogens is 335 g/mol. The summed E-state index contributed by atoms with van der Waals surface area (Å²) in [5.74, 6) is 0.701. The minimum Gasteiger partial charge on any atom is -0.456 e. The molecule has 0 unspecified atom stereocenters. The average molecular weight is 342 g/mol. The third-order valence-electron chi connectivity index (χ3n) is 2.47. The van der Waals surface area contributed by atoms with Gasteiger partial charge in [0.15, 0.2) is 0 Å². The molecule has 0 heterocycles. The first-order valence-electron chi connectivity index (χ1n) is 5.45. The Kier molecular flexibility index (Phi) is 4.00. The molecule has 0 radical (unpaired) electrons. The number of nitriles is 1. The zero-order valence-electron chi connectivity index (χ0n) is 9.91. The summed E-state index contributed by atoms with van der Waals surface area (Å²) in [7, 11) is 0. The monoisotopic (exact) mass is 341 g/mol. The number of halogens is 4. The van der Waals surface area contributed by atoms with Crippen molar-refractivity contribution >= 4 is 15.9 Å². The standard InChI is InChI=1S/C14H7BrF3NO/c15-12-7-9(8-19)1-6-13(12)20-11-4-2-10(3-5-11)14(16,17)18/h1-7H. The van der Waals surface area contributed by atoms with E-state index in [1.807, 2.05) is 6.07 Å². The van der Waals surface area contributed by atoms with Gasteiger partial charge in [-0.1, -0.05) is 0 Å². The van der Waals surface area contributed by atoms with Gasteiger partial charge in [0.1, 0.15) is 11.5 Å². The summed E-state index contributed by atoms with van der Waals surface area (Å²) < 4.78 is 43.3. The minimum absolute atomic E-state index is 0.281. The fourth-order valence-electron chi connectivity index (χ4n) is 1.49. The fourth-order valence-corrected chi connectivity index (χ4v) is 1.95. The molecule has 0 atom stereocenters. The minimum atomic E-state index is -4.37. The predicted molar refractivity (Wildman–Crippen MR) is 70.4 cm³/mol. The van der Waals surface area contributed by atoms with Crippen LogP contribution in [0, 0.1) is 11.3 Å². The smallest absolute Gasteiger partial charge is 0.416 e. The van der Waals surface area contributed by atoms with Gasteiger partial charge in [0.2, 0.25) is 0 Å². The van der Waals surface area contributed by atoms with Crippen LogP contribution in [0.5, 0.6) is 11.5 Å². The molecule has 0 N–H and O–H groups in total.